The summed E-state index contributed by atoms with van der Waals surface area (Å²) in [5.74, 6) is -0.985. The Balaban J connectivity index is 1.19. The van der Waals surface area contributed by atoms with Crippen LogP contribution in [0.2, 0.25) is 10.0 Å². The highest BCUT2D eigenvalue weighted by atomic mass is 35.5. The monoisotopic (exact) mass is 710 g/mol. The lowest BCUT2D eigenvalue weighted by Gasteiger charge is -2.16. The van der Waals surface area contributed by atoms with E-state index in [-0.39, 0.29) is 70.0 Å². The zero-order valence-corrected chi connectivity index (χ0v) is 28.0. The van der Waals surface area contributed by atoms with Gasteiger partial charge in [-0.25, -0.2) is 18.7 Å². The van der Waals surface area contributed by atoms with E-state index in [1.54, 1.807) is 30.3 Å². The Hall–Kier alpha value is -4.43. The molecule has 2 atom stereocenters. The molecule has 0 aliphatic carbocycles. The molecule has 6 rings (SSSR count). The molecule has 15 heteroatoms. The summed E-state index contributed by atoms with van der Waals surface area (Å²) >= 11 is 13.7. The van der Waals surface area contributed by atoms with Crippen LogP contribution in [0.25, 0.3) is 22.5 Å². The maximum atomic E-state index is 15.5. The molecule has 2 aliphatic rings. The number of amides is 2. The van der Waals surface area contributed by atoms with Crippen molar-refractivity contribution in [2.45, 2.75) is 50.9 Å². The van der Waals surface area contributed by atoms with E-state index in [1.165, 1.54) is 25.6 Å². The Morgan fingerprint density at radius 1 is 0.898 bits per heavy atom. The number of hydrogen-bond acceptors (Lipinski definition) is 9. The Kier molecular flexibility index (Phi) is 10.8. The number of ether oxygens (including phenoxy) is 1. The van der Waals surface area contributed by atoms with E-state index in [9.17, 15) is 9.59 Å². The van der Waals surface area contributed by atoms with Gasteiger partial charge < -0.3 is 31.3 Å². The standard InChI is InChI=1S/C34H34Cl2F2N8O3/c1-49-34-23(17-40-16-20-6-8-28(48)44-20)24(37)13-26(46-34)21-10-12-41-32(30(21)36)22-3-2-4-25(29(22)35)45-33-31(38)18(9-11-42-33)14-39-15-19-5-7-27(47)43-19/h2-4,9-13,19-20,39-40H,5-8,14-17H2,1H3,(H,42,45)(H,43,47)(H,44,48)/t19-,20-/m0/s1. The van der Waals surface area contributed by atoms with Crippen molar-refractivity contribution in [1.29, 1.82) is 0 Å². The van der Waals surface area contributed by atoms with Crippen molar-refractivity contribution in [3.63, 3.8) is 0 Å². The molecule has 0 bridgehead atoms. The fraction of sp³-hybridized carbons (Fsp3) is 0.324. The topological polar surface area (TPSA) is 142 Å². The summed E-state index contributed by atoms with van der Waals surface area (Å²) in [4.78, 5) is 36.1. The van der Waals surface area contributed by atoms with Gasteiger partial charge >= 0.3 is 0 Å². The molecule has 3 aromatic heterocycles. The molecule has 2 aliphatic heterocycles. The number of rotatable bonds is 13. The first-order valence-electron chi connectivity index (χ1n) is 15.8. The number of nitrogens with one attached hydrogen (secondary N) is 5. The van der Waals surface area contributed by atoms with Crippen molar-refractivity contribution >= 4 is 46.5 Å². The predicted octanol–water partition coefficient (Wildman–Crippen LogP) is 5.28. The second-order valence-corrected chi connectivity index (χ2v) is 12.5. The first kappa shape index (κ1) is 34.4. The SMILES string of the molecule is COc1nc(-c2ccnc(-c3cccc(Nc4nccc(CNC[C@@H]5CCC(=O)N5)c4F)c3Cl)c2Cl)cc(F)c1CNC[C@@H]1CCC(=O)N1. The zero-order valence-electron chi connectivity index (χ0n) is 26.5. The first-order chi connectivity index (χ1) is 23.7. The largest absolute Gasteiger partial charge is 0.481 e. The molecule has 2 fully saturated rings. The van der Waals surface area contributed by atoms with Gasteiger partial charge in [-0.3, -0.25) is 14.6 Å². The van der Waals surface area contributed by atoms with E-state index in [1.807, 2.05) is 0 Å². The molecule has 0 unspecified atom stereocenters. The van der Waals surface area contributed by atoms with Crippen molar-refractivity contribution in [1.82, 2.24) is 36.2 Å². The predicted molar refractivity (Wildman–Crippen MR) is 183 cm³/mol. The van der Waals surface area contributed by atoms with Gasteiger partial charge in [0.05, 0.1) is 39.8 Å². The quantitative estimate of drug-likeness (QED) is 0.125. The van der Waals surface area contributed by atoms with Crippen LogP contribution in [0, 0.1) is 11.6 Å². The summed E-state index contributed by atoms with van der Waals surface area (Å²) < 4.78 is 36.4. The number of anilines is 2. The molecular weight excluding hydrogens is 677 g/mol. The molecule has 2 saturated heterocycles. The van der Waals surface area contributed by atoms with Gasteiger partial charge in [-0.15, -0.1) is 0 Å². The fourth-order valence-corrected chi connectivity index (χ4v) is 6.45. The lowest BCUT2D eigenvalue weighted by Crippen LogP contribution is -2.35. The lowest BCUT2D eigenvalue weighted by molar-refractivity contribution is -0.120. The Bertz CT molecular complexity index is 1880. The minimum Gasteiger partial charge on any atom is -0.481 e. The van der Waals surface area contributed by atoms with Crippen molar-refractivity contribution in [3.8, 4) is 28.4 Å². The third-order valence-electron chi connectivity index (χ3n) is 8.44. The third-order valence-corrected chi connectivity index (χ3v) is 9.22. The summed E-state index contributed by atoms with van der Waals surface area (Å²) in [5.41, 5.74) is 2.39. The number of hydrogen-bond donors (Lipinski definition) is 5. The highest BCUT2D eigenvalue weighted by Crippen LogP contribution is 2.41. The number of carbonyl (C=O) groups is 2. The lowest BCUT2D eigenvalue weighted by atomic mass is 10.0. The molecule has 1 aromatic carbocycles. The summed E-state index contributed by atoms with van der Waals surface area (Å²) in [6, 6.07) is 9.59. The van der Waals surface area contributed by atoms with Gasteiger partial charge in [0, 0.05) is 86.3 Å². The summed E-state index contributed by atoms with van der Waals surface area (Å²) in [6.07, 6.45) is 5.44. The Labute approximate surface area is 291 Å². The van der Waals surface area contributed by atoms with Crippen LogP contribution in [0.4, 0.5) is 20.3 Å². The molecule has 2 amide bonds. The summed E-state index contributed by atoms with van der Waals surface area (Å²) in [5, 5.41) is 15.5. The van der Waals surface area contributed by atoms with Crippen LogP contribution >= 0.6 is 23.2 Å². The minimum absolute atomic E-state index is 0.00758. The van der Waals surface area contributed by atoms with Crippen LogP contribution in [0.3, 0.4) is 0 Å². The smallest absolute Gasteiger partial charge is 0.221 e. The van der Waals surface area contributed by atoms with Gasteiger partial charge in [-0.1, -0.05) is 35.3 Å². The molecule has 5 N–H and O–H groups in total. The van der Waals surface area contributed by atoms with E-state index in [2.05, 4.69) is 41.5 Å². The van der Waals surface area contributed by atoms with Crippen LogP contribution in [-0.2, 0) is 22.7 Å². The van der Waals surface area contributed by atoms with E-state index >= 15 is 8.78 Å². The van der Waals surface area contributed by atoms with Gasteiger partial charge in [-0.2, -0.15) is 0 Å². The average molecular weight is 712 g/mol. The number of carbonyl (C=O) groups excluding carboxylic acids is 2. The molecule has 256 valence electrons. The molecule has 0 saturated carbocycles. The van der Waals surface area contributed by atoms with Crippen molar-refractivity contribution in [2.75, 3.05) is 25.5 Å². The van der Waals surface area contributed by atoms with Gasteiger partial charge in [0.1, 0.15) is 5.82 Å². The highest BCUT2D eigenvalue weighted by molar-refractivity contribution is 6.39. The van der Waals surface area contributed by atoms with Crippen LogP contribution < -0.4 is 31.3 Å². The Morgan fingerprint density at radius 2 is 1.59 bits per heavy atom. The molecule has 5 heterocycles. The first-order valence-corrected chi connectivity index (χ1v) is 16.5. The number of pyridine rings is 3. The molecule has 0 radical (unpaired) electrons. The summed E-state index contributed by atoms with van der Waals surface area (Å²) in [6.45, 7) is 1.40. The highest BCUT2D eigenvalue weighted by Gasteiger charge is 2.23. The second-order valence-electron chi connectivity index (χ2n) is 11.8. The van der Waals surface area contributed by atoms with Gasteiger partial charge in [0.25, 0.3) is 0 Å². The normalized spacial score (nSPS) is 17.2. The summed E-state index contributed by atoms with van der Waals surface area (Å²) in [7, 11) is 1.41. The average Bonchev–Trinajstić information content (AvgIpc) is 3.71. The van der Waals surface area contributed by atoms with Crippen molar-refractivity contribution in [3.05, 3.63) is 81.6 Å². The van der Waals surface area contributed by atoms with E-state index in [0.717, 1.165) is 12.8 Å². The molecule has 49 heavy (non-hydrogen) atoms. The maximum absolute atomic E-state index is 15.5. The number of halogens is 4. The maximum Gasteiger partial charge on any atom is 0.221 e. The van der Waals surface area contributed by atoms with Crippen molar-refractivity contribution < 1.29 is 23.1 Å². The van der Waals surface area contributed by atoms with Crippen LogP contribution in [0.15, 0.2) is 48.8 Å². The number of methoxy groups -OCH3 is 1. The molecule has 0 spiro atoms. The van der Waals surface area contributed by atoms with Crippen LogP contribution in [0.5, 0.6) is 5.88 Å². The number of aromatic nitrogens is 3. The molecule has 11 nitrogen and oxygen atoms in total. The van der Waals surface area contributed by atoms with E-state index in [4.69, 9.17) is 27.9 Å². The van der Waals surface area contributed by atoms with Gasteiger partial charge in [0.2, 0.25) is 17.7 Å². The van der Waals surface area contributed by atoms with E-state index in [0.29, 0.717) is 54.0 Å². The third kappa shape index (κ3) is 7.91. The minimum atomic E-state index is -0.545. The zero-order chi connectivity index (χ0) is 34.5. The molecule has 4 aromatic rings. The van der Waals surface area contributed by atoms with Gasteiger partial charge in [-0.05, 0) is 31.0 Å². The number of benzene rings is 1. The molecular formula is C34H34Cl2F2N8O3. The van der Waals surface area contributed by atoms with Crippen LogP contribution in [-0.4, -0.2) is 59.0 Å². The van der Waals surface area contributed by atoms with Crippen molar-refractivity contribution in [2.24, 2.45) is 0 Å². The number of nitrogens with zero attached hydrogens (tertiary/aromatic N) is 3. The second kappa shape index (κ2) is 15.4. The van der Waals surface area contributed by atoms with E-state index < -0.39 is 11.6 Å². The van der Waals surface area contributed by atoms with Crippen LogP contribution in [0.1, 0.15) is 36.8 Å². The van der Waals surface area contributed by atoms with Gasteiger partial charge in [0.15, 0.2) is 11.6 Å². The Morgan fingerprint density at radius 3 is 2.27 bits per heavy atom. The fourth-order valence-electron chi connectivity index (χ4n) is 5.87.